The Kier molecular flexibility index (Phi) is 2.03. The van der Waals surface area contributed by atoms with Crippen LogP contribution in [0.3, 0.4) is 0 Å². The monoisotopic (exact) mass is 154 g/mol. The molecule has 0 heterocycles. The molecule has 0 aromatic rings. The second-order valence-corrected chi connectivity index (χ2v) is 3.54. The summed E-state index contributed by atoms with van der Waals surface area (Å²) in [5.74, 6) is -0.148. The normalized spacial score (nSPS) is 34.6. The molecule has 0 aliphatic heterocycles. The van der Waals surface area contributed by atoms with Crippen molar-refractivity contribution in [3.05, 3.63) is 11.6 Å². The molecule has 2 nitrogen and oxygen atoms in total. The van der Waals surface area contributed by atoms with Crippen LogP contribution in [0, 0.1) is 17.8 Å². The van der Waals surface area contributed by atoms with Crippen molar-refractivity contribution in [2.75, 3.05) is 0 Å². The van der Waals surface area contributed by atoms with Gasteiger partial charge in [0, 0.05) is 0 Å². The van der Waals surface area contributed by atoms with Gasteiger partial charge in [0.2, 0.25) is 0 Å². The molecule has 11 heavy (non-hydrogen) atoms. The maximum atomic E-state index is 10.5. The van der Waals surface area contributed by atoms with Crippen LogP contribution in [0.1, 0.15) is 20.8 Å². The van der Waals surface area contributed by atoms with E-state index in [2.05, 4.69) is 6.08 Å². The van der Waals surface area contributed by atoms with E-state index in [4.69, 9.17) is 5.11 Å². The lowest BCUT2D eigenvalue weighted by Gasteiger charge is -1.87. The van der Waals surface area contributed by atoms with Crippen LogP contribution < -0.4 is 0 Å². The SMILES string of the molecule is CC(C)=CC1C(C)C1C(=O)O. The van der Waals surface area contributed by atoms with E-state index >= 15 is 0 Å². The minimum Gasteiger partial charge on any atom is -0.481 e. The van der Waals surface area contributed by atoms with Gasteiger partial charge in [-0.05, 0) is 25.7 Å². The van der Waals surface area contributed by atoms with E-state index in [1.165, 1.54) is 5.57 Å². The maximum Gasteiger partial charge on any atom is 0.307 e. The predicted molar refractivity (Wildman–Crippen MR) is 43.2 cm³/mol. The fourth-order valence-electron chi connectivity index (χ4n) is 1.52. The van der Waals surface area contributed by atoms with Crippen LogP contribution in [0.2, 0.25) is 0 Å². The molecule has 1 aliphatic rings. The molecular formula is C9H14O2. The highest BCUT2D eigenvalue weighted by Crippen LogP contribution is 2.47. The fourth-order valence-corrected chi connectivity index (χ4v) is 1.52. The summed E-state index contributed by atoms with van der Waals surface area (Å²) in [7, 11) is 0. The van der Waals surface area contributed by atoms with Crippen molar-refractivity contribution >= 4 is 5.97 Å². The van der Waals surface area contributed by atoms with Gasteiger partial charge in [-0.2, -0.15) is 0 Å². The number of rotatable bonds is 2. The Hall–Kier alpha value is -0.790. The Morgan fingerprint density at radius 1 is 1.45 bits per heavy atom. The van der Waals surface area contributed by atoms with E-state index in [1.54, 1.807) is 0 Å². The Morgan fingerprint density at radius 2 is 2.00 bits per heavy atom. The molecule has 0 radical (unpaired) electrons. The third kappa shape index (κ3) is 1.62. The topological polar surface area (TPSA) is 37.3 Å². The van der Waals surface area contributed by atoms with E-state index in [0.29, 0.717) is 5.92 Å². The summed E-state index contributed by atoms with van der Waals surface area (Å²) in [6.07, 6.45) is 2.06. The Labute approximate surface area is 66.9 Å². The van der Waals surface area contributed by atoms with Crippen LogP contribution in [-0.2, 0) is 4.79 Å². The van der Waals surface area contributed by atoms with Crippen molar-refractivity contribution in [2.45, 2.75) is 20.8 Å². The minimum atomic E-state index is -0.653. The fraction of sp³-hybridized carbons (Fsp3) is 0.667. The molecule has 0 aromatic carbocycles. The molecule has 1 N–H and O–H groups in total. The van der Waals surface area contributed by atoms with E-state index in [0.717, 1.165) is 0 Å². The molecule has 1 fully saturated rings. The van der Waals surface area contributed by atoms with E-state index < -0.39 is 5.97 Å². The van der Waals surface area contributed by atoms with Crippen LogP contribution in [-0.4, -0.2) is 11.1 Å². The molecule has 0 amide bonds. The number of carbonyl (C=O) groups is 1. The van der Waals surface area contributed by atoms with Gasteiger partial charge in [0.05, 0.1) is 5.92 Å². The summed E-state index contributed by atoms with van der Waals surface area (Å²) >= 11 is 0. The van der Waals surface area contributed by atoms with Crippen molar-refractivity contribution in [3.63, 3.8) is 0 Å². The van der Waals surface area contributed by atoms with Crippen molar-refractivity contribution in [3.8, 4) is 0 Å². The van der Waals surface area contributed by atoms with Gasteiger partial charge in [0.1, 0.15) is 0 Å². The third-order valence-corrected chi connectivity index (χ3v) is 2.26. The standard InChI is InChI=1S/C9H14O2/c1-5(2)4-7-6(3)8(7)9(10)11/h4,6-8H,1-3H3,(H,10,11). The number of hydrogen-bond acceptors (Lipinski definition) is 1. The van der Waals surface area contributed by atoms with Gasteiger partial charge in [-0.3, -0.25) is 4.79 Å². The quantitative estimate of drug-likeness (QED) is 0.617. The van der Waals surface area contributed by atoms with Crippen molar-refractivity contribution in [1.82, 2.24) is 0 Å². The van der Waals surface area contributed by atoms with E-state index in [9.17, 15) is 4.79 Å². The highest BCUT2D eigenvalue weighted by molar-refractivity contribution is 5.74. The second-order valence-electron chi connectivity index (χ2n) is 3.54. The zero-order valence-electron chi connectivity index (χ0n) is 7.16. The molecule has 1 aliphatic carbocycles. The molecule has 62 valence electrons. The van der Waals surface area contributed by atoms with Gasteiger partial charge in [-0.25, -0.2) is 0 Å². The van der Waals surface area contributed by atoms with Gasteiger partial charge in [0.25, 0.3) is 0 Å². The lowest BCUT2D eigenvalue weighted by molar-refractivity contribution is -0.139. The van der Waals surface area contributed by atoms with Crippen molar-refractivity contribution in [2.24, 2.45) is 17.8 Å². The van der Waals surface area contributed by atoms with Gasteiger partial charge < -0.3 is 5.11 Å². The highest BCUT2D eigenvalue weighted by Gasteiger charge is 2.50. The lowest BCUT2D eigenvalue weighted by Crippen LogP contribution is -1.99. The zero-order valence-corrected chi connectivity index (χ0v) is 7.16. The zero-order chi connectivity index (χ0) is 8.59. The van der Waals surface area contributed by atoms with Crippen molar-refractivity contribution < 1.29 is 9.90 Å². The molecule has 3 unspecified atom stereocenters. The Balaban J connectivity index is 2.55. The minimum absolute atomic E-state index is 0.120. The van der Waals surface area contributed by atoms with Crippen LogP contribution in [0.5, 0.6) is 0 Å². The first-order valence-corrected chi connectivity index (χ1v) is 3.92. The number of hydrogen-bond donors (Lipinski definition) is 1. The molecule has 2 heteroatoms. The first kappa shape index (κ1) is 8.31. The molecule has 0 spiro atoms. The van der Waals surface area contributed by atoms with Crippen molar-refractivity contribution in [1.29, 1.82) is 0 Å². The maximum absolute atomic E-state index is 10.5. The predicted octanol–water partition coefficient (Wildman–Crippen LogP) is 1.92. The average Bonchev–Trinajstić information content (AvgIpc) is 2.40. The van der Waals surface area contributed by atoms with Gasteiger partial charge in [0.15, 0.2) is 0 Å². The molecule has 1 rings (SSSR count). The molecular weight excluding hydrogens is 140 g/mol. The Bertz CT molecular complexity index is 202. The smallest absolute Gasteiger partial charge is 0.307 e. The highest BCUT2D eigenvalue weighted by atomic mass is 16.4. The number of allylic oxidation sites excluding steroid dienone is 2. The third-order valence-electron chi connectivity index (χ3n) is 2.26. The van der Waals surface area contributed by atoms with Crippen LogP contribution in [0.25, 0.3) is 0 Å². The summed E-state index contributed by atoms with van der Waals surface area (Å²) in [5.41, 5.74) is 1.21. The first-order chi connectivity index (χ1) is 5.04. The average molecular weight is 154 g/mol. The largest absolute Gasteiger partial charge is 0.481 e. The van der Waals surface area contributed by atoms with Crippen LogP contribution >= 0.6 is 0 Å². The molecule has 1 saturated carbocycles. The number of aliphatic carboxylic acids is 1. The number of carboxylic acid groups (broad SMARTS) is 1. The van der Waals surface area contributed by atoms with E-state index in [1.807, 2.05) is 20.8 Å². The molecule has 0 bridgehead atoms. The van der Waals surface area contributed by atoms with Gasteiger partial charge >= 0.3 is 5.97 Å². The van der Waals surface area contributed by atoms with Crippen LogP contribution in [0.4, 0.5) is 0 Å². The number of carboxylic acids is 1. The lowest BCUT2D eigenvalue weighted by atomic mass is 10.2. The summed E-state index contributed by atoms with van der Waals surface area (Å²) < 4.78 is 0. The summed E-state index contributed by atoms with van der Waals surface area (Å²) in [6, 6.07) is 0. The summed E-state index contributed by atoms with van der Waals surface area (Å²) in [4.78, 5) is 10.5. The molecule has 0 aromatic heterocycles. The summed E-state index contributed by atoms with van der Waals surface area (Å²) in [5, 5.41) is 8.68. The van der Waals surface area contributed by atoms with E-state index in [-0.39, 0.29) is 11.8 Å². The Morgan fingerprint density at radius 3 is 2.27 bits per heavy atom. The second kappa shape index (κ2) is 2.68. The molecule has 0 saturated heterocycles. The summed E-state index contributed by atoms with van der Waals surface area (Å²) in [6.45, 7) is 6.00. The van der Waals surface area contributed by atoms with Gasteiger partial charge in [-0.1, -0.05) is 18.6 Å². The first-order valence-electron chi connectivity index (χ1n) is 3.92. The van der Waals surface area contributed by atoms with Gasteiger partial charge in [-0.15, -0.1) is 0 Å². The van der Waals surface area contributed by atoms with Crippen LogP contribution in [0.15, 0.2) is 11.6 Å². The molecule has 3 atom stereocenters.